The average Bonchev–Trinajstić information content (AvgIpc) is 3.40. The van der Waals surface area contributed by atoms with E-state index in [9.17, 15) is 19.1 Å². The van der Waals surface area contributed by atoms with Crippen LogP contribution in [0.15, 0.2) is 60.3 Å². The van der Waals surface area contributed by atoms with Crippen molar-refractivity contribution in [3.05, 3.63) is 88.0 Å². The second-order valence-corrected chi connectivity index (χ2v) is 11.2. The number of Topliss-reactive ketones (excluding diaryl/α,β-unsaturated/α-hetero) is 1. The van der Waals surface area contributed by atoms with Gasteiger partial charge in [-0.05, 0) is 47.4 Å². The zero-order chi connectivity index (χ0) is 27.4. The van der Waals surface area contributed by atoms with E-state index in [0.717, 1.165) is 16.9 Å². The molecule has 0 saturated carbocycles. The number of methoxy groups -OCH3 is 1. The molecule has 10 heteroatoms. The molecule has 0 radical (unpaired) electrons. The largest absolute Gasteiger partial charge is 0.507 e. The van der Waals surface area contributed by atoms with Crippen LogP contribution in [0.25, 0.3) is 16.0 Å². The summed E-state index contributed by atoms with van der Waals surface area (Å²) in [7, 11) is 1.46. The Morgan fingerprint density at radius 2 is 1.92 bits per heavy atom. The van der Waals surface area contributed by atoms with Crippen molar-refractivity contribution < 1.29 is 23.8 Å². The Kier molecular flexibility index (Phi) is 6.44. The monoisotopic (exact) mass is 551 g/mol. The molecule has 7 nitrogen and oxygen atoms in total. The molecule has 1 unspecified atom stereocenters. The lowest BCUT2D eigenvalue weighted by molar-refractivity contribution is -0.132. The number of pyridine rings is 1. The van der Waals surface area contributed by atoms with Gasteiger partial charge in [-0.3, -0.25) is 19.5 Å². The minimum atomic E-state index is -1.08. The molecule has 1 fully saturated rings. The van der Waals surface area contributed by atoms with Crippen LogP contribution >= 0.6 is 22.9 Å². The van der Waals surface area contributed by atoms with E-state index in [1.165, 1.54) is 30.3 Å². The van der Waals surface area contributed by atoms with Crippen molar-refractivity contribution in [3.8, 4) is 5.75 Å². The lowest BCUT2D eigenvalue weighted by Gasteiger charge is -2.23. The number of benzene rings is 2. The van der Waals surface area contributed by atoms with Crippen molar-refractivity contribution in [3.63, 3.8) is 0 Å². The van der Waals surface area contributed by atoms with Crippen molar-refractivity contribution in [2.24, 2.45) is 0 Å². The van der Waals surface area contributed by atoms with Gasteiger partial charge in [-0.1, -0.05) is 55.8 Å². The number of thiazole rings is 1. The van der Waals surface area contributed by atoms with Gasteiger partial charge >= 0.3 is 5.91 Å². The van der Waals surface area contributed by atoms with Gasteiger partial charge in [0.15, 0.2) is 5.13 Å². The van der Waals surface area contributed by atoms with Crippen LogP contribution in [0.5, 0.6) is 5.75 Å². The lowest BCUT2D eigenvalue weighted by Crippen LogP contribution is -2.29. The highest BCUT2D eigenvalue weighted by Gasteiger charge is 2.49. The van der Waals surface area contributed by atoms with Gasteiger partial charge in [-0.15, -0.1) is 0 Å². The molecule has 0 aliphatic carbocycles. The maximum Gasteiger partial charge on any atom is 0.301 e. The SMILES string of the molecule is COc1ccc(C(C)(C)C)cc1/C(O)=C1\C(=O)C(=O)N(c2nc3cc(Cl)c(F)cc3s2)C1c1ccccn1. The highest BCUT2D eigenvalue weighted by molar-refractivity contribution is 7.22. The van der Waals surface area contributed by atoms with Crippen LogP contribution in [0.3, 0.4) is 0 Å². The van der Waals surface area contributed by atoms with Gasteiger partial charge in [0.1, 0.15) is 23.4 Å². The van der Waals surface area contributed by atoms with Crippen LogP contribution in [0, 0.1) is 5.82 Å². The number of fused-ring (bicyclic) bond motifs is 1. The number of aromatic nitrogens is 2. The summed E-state index contributed by atoms with van der Waals surface area (Å²) in [4.78, 5) is 37.0. The van der Waals surface area contributed by atoms with Gasteiger partial charge in [0, 0.05) is 6.20 Å². The number of halogens is 2. The number of carbonyl (C=O) groups excluding carboxylic acids is 2. The summed E-state index contributed by atoms with van der Waals surface area (Å²) in [5, 5.41) is 11.6. The van der Waals surface area contributed by atoms with E-state index < -0.39 is 23.5 Å². The quantitative estimate of drug-likeness (QED) is 0.179. The van der Waals surface area contributed by atoms with Crippen molar-refractivity contribution in [2.45, 2.75) is 32.2 Å². The number of hydrogen-bond acceptors (Lipinski definition) is 7. The minimum Gasteiger partial charge on any atom is -0.507 e. The van der Waals surface area contributed by atoms with Crippen molar-refractivity contribution in [2.75, 3.05) is 12.0 Å². The number of hydrogen-bond donors (Lipinski definition) is 1. The standard InChI is InChI=1S/C28H23ClFN3O4S/c1-28(2,3)14-8-9-20(37-4)15(11-14)24(34)22-23(18-7-5-6-10-31-18)33(26(36)25(22)35)27-32-19-12-16(29)17(30)13-21(19)38-27/h5-13,23,34H,1-4H3/b24-22+. The van der Waals surface area contributed by atoms with Gasteiger partial charge in [-0.2, -0.15) is 0 Å². The number of carbonyl (C=O) groups is 2. The number of nitrogens with zero attached hydrogens (tertiary/aromatic N) is 3. The van der Waals surface area contributed by atoms with Crippen LogP contribution in [0.2, 0.25) is 5.02 Å². The molecular weight excluding hydrogens is 529 g/mol. The third-order valence-corrected chi connectivity index (χ3v) is 7.67. The number of rotatable bonds is 4. The molecule has 0 bridgehead atoms. The molecule has 0 spiro atoms. The Bertz CT molecular complexity index is 1590. The van der Waals surface area contributed by atoms with E-state index in [0.29, 0.717) is 21.7 Å². The second kappa shape index (κ2) is 9.49. The molecule has 38 heavy (non-hydrogen) atoms. The molecule has 4 aromatic rings. The normalized spacial score (nSPS) is 17.4. The van der Waals surface area contributed by atoms with Gasteiger partial charge in [0.2, 0.25) is 0 Å². The Hall–Kier alpha value is -3.82. The molecule has 1 saturated heterocycles. The van der Waals surface area contributed by atoms with Gasteiger partial charge in [-0.25, -0.2) is 9.37 Å². The first kappa shape index (κ1) is 25.8. The van der Waals surface area contributed by atoms with E-state index in [2.05, 4.69) is 9.97 Å². The molecule has 2 aromatic carbocycles. The fourth-order valence-electron chi connectivity index (χ4n) is 4.37. The van der Waals surface area contributed by atoms with Crippen LogP contribution in [0.4, 0.5) is 9.52 Å². The third-order valence-electron chi connectivity index (χ3n) is 6.36. The zero-order valence-corrected chi connectivity index (χ0v) is 22.5. The van der Waals surface area contributed by atoms with Crippen molar-refractivity contribution in [1.29, 1.82) is 0 Å². The Labute approximate surface area is 227 Å². The summed E-state index contributed by atoms with van der Waals surface area (Å²) in [5.74, 6) is -2.46. The number of amides is 1. The molecule has 1 aliphatic heterocycles. The fourth-order valence-corrected chi connectivity index (χ4v) is 5.52. The summed E-state index contributed by atoms with van der Waals surface area (Å²) in [6.45, 7) is 6.06. The summed E-state index contributed by atoms with van der Waals surface area (Å²) in [6.07, 6.45) is 1.53. The van der Waals surface area contributed by atoms with Crippen molar-refractivity contribution in [1.82, 2.24) is 9.97 Å². The third kappa shape index (κ3) is 4.31. The topological polar surface area (TPSA) is 92.6 Å². The Balaban J connectivity index is 1.75. The van der Waals surface area contributed by atoms with E-state index in [1.807, 2.05) is 26.8 Å². The maximum absolute atomic E-state index is 14.1. The van der Waals surface area contributed by atoms with Crippen LogP contribution in [0.1, 0.15) is 43.6 Å². The zero-order valence-electron chi connectivity index (χ0n) is 21.0. The van der Waals surface area contributed by atoms with Crippen LogP contribution < -0.4 is 9.64 Å². The predicted molar refractivity (Wildman–Crippen MR) is 145 cm³/mol. The average molecular weight is 552 g/mol. The van der Waals surface area contributed by atoms with Crippen LogP contribution in [-0.2, 0) is 15.0 Å². The number of ketones is 1. The predicted octanol–water partition coefficient (Wildman–Crippen LogP) is 6.42. The molecule has 194 valence electrons. The number of aliphatic hydroxyl groups is 1. The maximum atomic E-state index is 14.1. The molecule has 2 aromatic heterocycles. The first-order valence-electron chi connectivity index (χ1n) is 11.7. The van der Waals surface area contributed by atoms with E-state index in [4.69, 9.17) is 16.3 Å². The fraction of sp³-hybridized carbons (Fsp3) is 0.214. The minimum absolute atomic E-state index is 0.108. The smallest absolute Gasteiger partial charge is 0.301 e. The van der Waals surface area contributed by atoms with Gasteiger partial charge in [0.05, 0.1) is 39.2 Å². The molecule has 1 atom stereocenters. The number of ether oxygens (including phenoxy) is 1. The highest BCUT2D eigenvalue weighted by atomic mass is 35.5. The van der Waals surface area contributed by atoms with E-state index in [-0.39, 0.29) is 32.5 Å². The second-order valence-electron chi connectivity index (χ2n) is 9.82. The van der Waals surface area contributed by atoms with Gasteiger partial charge in [0.25, 0.3) is 5.78 Å². The summed E-state index contributed by atoms with van der Waals surface area (Å²) < 4.78 is 20.0. The molecular formula is C28H23ClFN3O4S. The van der Waals surface area contributed by atoms with Crippen molar-refractivity contribution >= 4 is 55.7 Å². The van der Waals surface area contributed by atoms with Gasteiger partial charge < -0.3 is 9.84 Å². The first-order valence-corrected chi connectivity index (χ1v) is 12.9. The number of aliphatic hydroxyl groups excluding tert-OH is 1. The van der Waals surface area contributed by atoms with E-state index >= 15 is 0 Å². The Morgan fingerprint density at radius 3 is 2.58 bits per heavy atom. The molecule has 1 aliphatic rings. The Morgan fingerprint density at radius 1 is 1.16 bits per heavy atom. The lowest BCUT2D eigenvalue weighted by atomic mass is 9.85. The van der Waals surface area contributed by atoms with E-state index in [1.54, 1.807) is 30.3 Å². The van der Waals surface area contributed by atoms with Crippen LogP contribution in [-0.4, -0.2) is 33.9 Å². The number of anilines is 1. The molecule has 5 rings (SSSR count). The summed E-state index contributed by atoms with van der Waals surface area (Å²) in [6, 6.07) is 11.9. The summed E-state index contributed by atoms with van der Waals surface area (Å²) in [5.41, 5.74) is 1.48. The highest BCUT2D eigenvalue weighted by Crippen LogP contribution is 2.45. The summed E-state index contributed by atoms with van der Waals surface area (Å²) >= 11 is 6.96. The molecule has 1 amide bonds. The molecule has 3 heterocycles. The molecule has 1 N–H and O–H groups in total. The first-order chi connectivity index (χ1) is 18.0.